The summed E-state index contributed by atoms with van der Waals surface area (Å²) in [6.07, 6.45) is 2.99. The van der Waals surface area contributed by atoms with E-state index in [4.69, 9.17) is 5.11 Å². The Balaban J connectivity index is 2.21. The van der Waals surface area contributed by atoms with E-state index in [1.54, 1.807) is 4.90 Å². The van der Waals surface area contributed by atoms with E-state index < -0.39 is 5.97 Å². The van der Waals surface area contributed by atoms with Crippen LogP contribution in [0.4, 0.5) is 4.79 Å². The third-order valence-corrected chi connectivity index (χ3v) is 3.77. The van der Waals surface area contributed by atoms with E-state index in [-0.39, 0.29) is 24.8 Å². The summed E-state index contributed by atoms with van der Waals surface area (Å²) in [6, 6.07) is 0.149. The summed E-state index contributed by atoms with van der Waals surface area (Å²) < 4.78 is 0. The van der Waals surface area contributed by atoms with Gasteiger partial charge in [-0.15, -0.1) is 0 Å². The summed E-state index contributed by atoms with van der Waals surface area (Å²) >= 11 is 0. The van der Waals surface area contributed by atoms with Crippen LogP contribution in [0.3, 0.4) is 0 Å². The summed E-state index contributed by atoms with van der Waals surface area (Å²) in [4.78, 5) is 37.7. The predicted octanol–water partition coefficient (Wildman–Crippen LogP) is 0.894. The number of piperidine rings is 1. The molecule has 1 aliphatic rings. The van der Waals surface area contributed by atoms with E-state index in [0.29, 0.717) is 32.0 Å². The van der Waals surface area contributed by atoms with Crippen molar-refractivity contribution in [2.24, 2.45) is 0 Å². The van der Waals surface area contributed by atoms with Gasteiger partial charge in [-0.2, -0.15) is 0 Å². The molecule has 0 aliphatic carbocycles. The first-order valence-electron chi connectivity index (χ1n) is 7.37. The highest BCUT2D eigenvalue weighted by molar-refractivity contribution is 5.94. The standard InChI is InChI=1S/C14H25N3O4/c1-16(2)11-7-9-17(10-8-11)14(21)15-12(18)5-3-4-6-13(19)20/h11H,3-10H2,1-2H3,(H,19,20)(H,15,18,21). The number of rotatable bonds is 6. The van der Waals surface area contributed by atoms with E-state index in [9.17, 15) is 14.4 Å². The SMILES string of the molecule is CN(C)C1CCN(C(=O)NC(=O)CCCCC(=O)O)CC1. The lowest BCUT2D eigenvalue weighted by Gasteiger charge is -2.34. The number of likely N-dealkylation sites (tertiary alicyclic amines) is 1. The molecule has 7 nitrogen and oxygen atoms in total. The number of hydrogen-bond acceptors (Lipinski definition) is 4. The van der Waals surface area contributed by atoms with Gasteiger partial charge in [0, 0.05) is 32.0 Å². The van der Waals surface area contributed by atoms with Crippen molar-refractivity contribution in [1.29, 1.82) is 0 Å². The molecule has 21 heavy (non-hydrogen) atoms. The average Bonchev–Trinajstić information content (AvgIpc) is 2.43. The largest absolute Gasteiger partial charge is 0.481 e. The second kappa shape index (κ2) is 8.61. The van der Waals surface area contributed by atoms with Crippen LogP contribution in [-0.4, -0.2) is 66.0 Å². The summed E-state index contributed by atoms with van der Waals surface area (Å²) in [5.74, 6) is -1.20. The molecule has 0 bridgehead atoms. The summed E-state index contributed by atoms with van der Waals surface area (Å²) in [5.41, 5.74) is 0. The number of carbonyl (C=O) groups is 3. The number of aliphatic carboxylic acids is 1. The first kappa shape index (κ1) is 17.4. The van der Waals surface area contributed by atoms with Gasteiger partial charge in [0.15, 0.2) is 0 Å². The van der Waals surface area contributed by atoms with Crippen LogP contribution in [0.1, 0.15) is 38.5 Å². The van der Waals surface area contributed by atoms with Gasteiger partial charge in [-0.3, -0.25) is 14.9 Å². The molecular formula is C14H25N3O4. The first-order chi connectivity index (χ1) is 9.90. The second-order valence-electron chi connectivity index (χ2n) is 5.64. The van der Waals surface area contributed by atoms with E-state index in [1.807, 2.05) is 14.1 Å². The van der Waals surface area contributed by atoms with Crippen LogP contribution in [-0.2, 0) is 9.59 Å². The van der Waals surface area contributed by atoms with Crippen molar-refractivity contribution in [3.05, 3.63) is 0 Å². The van der Waals surface area contributed by atoms with Crippen molar-refractivity contribution < 1.29 is 19.5 Å². The number of unbranched alkanes of at least 4 members (excludes halogenated alkanes) is 1. The van der Waals surface area contributed by atoms with Crippen molar-refractivity contribution in [2.75, 3.05) is 27.2 Å². The molecule has 2 N–H and O–H groups in total. The van der Waals surface area contributed by atoms with E-state index >= 15 is 0 Å². The minimum absolute atomic E-state index is 0.0548. The van der Waals surface area contributed by atoms with Gasteiger partial charge in [0.1, 0.15) is 0 Å². The Bertz CT molecular complexity index is 376. The van der Waals surface area contributed by atoms with Crippen molar-refractivity contribution in [3.8, 4) is 0 Å². The van der Waals surface area contributed by atoms with Gasteiger partial charge in [0.05, 0.1) is 0 Å². The van der Waals surface area contributed by atoms with Gasteiger partial charge in [-0.05, 0) is 39.8 Å². The van der Waals surface area contributed by atoms with Crippen molar-refractivity contribution in [2.45, 2.75) is 44.6 Å². The molecule has 0 radical (unpaired) electrons. The highest BCUT2D eigenvalue weighted by Gasteiger charge is 2.24. The Morgan fingerprint density at radius 3 is 2.24 bits per heavy atom. The Morgan fingerprint density at radius 1 is 1.14 bits per heavy atom. The molecule has 0 aromatic carbocycles. The maximum Gasteiger partial charge on any atom is 0.324 e. The molecule has 1 saturated heterocycles. The highest BCUT2D eigenvalue weighted by Crippen LogP contribution is 2.14. The molecule has 7 heteroatoms. The molecule has 120 valence electrons. The number of carboxylic acid groups (broad SMARTS) is 1. The normalized spacial score (nSPS) is 16.0. The van der Waals surface area contributed by atoms with Crippen LogP contribution in [0.5, 0.6) is 0 Å². The first-order valence-corrected chi connectivity index (χ1v) is 7.37. The zero-order chi connectivity index (χ0) is 15.8. The molecule has 0 aromatic rings. The fraction of sp³-hybridized carbons (Fsp3) is 0.786. The van der Waals surface area contributed by atoms with Crippen LogP contribution in [0.25, 0.3) is 0 Å². The number of urea groups is 1. The molecular weight excluding hydrogens is 274 g/mol. The monoisotopic (exact) mass is 299 g/mol. The zero-order valence-electron chi connectivity index (χ0n) is 12.8. The van der Waals surface area contributed by atoms with Crippen LogP contribution >= 0.6 is 0 Å². The number of amides is 3. The lowest BCUT2D eigenvalue weighted by Crippen LogP contribution is -2.49. The quantitative estimate of drug-likeness (QED) is 0.711. The smallest absolute Gasteiger partial charge is 0.324 e. The second-order valence-corrected chi connectivity index (χ2v) is 5.64. The molecule has 0 saturated carbocycles. The van der Waals surface area contributed by atoms with Gasteiger partial charge in [-0.1, -0.05) is 0 Å². The predicted molar refractivity (Wildman–Crippen MR) is 77.9 cm³/mol. The van der Waals surface area contributed by atoms with Crippen LogP contribution in [0, 0.1) is 0 Å². The van der Waals surface area contributed by atoms with Gasteiger partial charge in [-0.25, -0.2) is 4.79 Å². The van der Waals surface area contributed by atoms with Crippen molar-refractivity contribution in [3.63, 3.8) is 0 Å². The molecule has 1 rings (SSSR count). The number of carbonyl (C=O) groups excluding carboxylic acids is 2. The fourth-order valence-corrected chi connectivity index (χ4v) is 2.41. The average molecular weight is 299 g/mol. The molecule has 1 heterocycles. The summed E-state index contributed by atoms with van der Waals surface area (Å²) in [6.45, 7) is 1.31. The van der Waals surface area contributed by atoms with E-state index in [1.165, 1.54) is 0 Å². The third kappa shape index (κ3) is 6.57. The van der Waals surface area contributed by atoms with Gasteiger partial charge >= 0.3 is 12.0 Å². The summed E-state index contributed by atoms with van der Waals surface area (Å²) in [7, 11) is 4.06. The number of nitrogens with zero attached hydrogens (tertiary/aromatic N) is 2. The van der Waals surface area contributed by atoms with Crippen LogP contribution in [0.15, 0.2) is 0 Å². The number of hydrogen-bond donors (Lipinski definition) is 2. The molecule has 0 atom stereocenters. The maximum absolute atomic E-state index is 11.9. The minimum atomic E-state index is -0.866. The van der Waals surface area contributed by atoms with Crippen LogP contribution in [0.2, 0.25) is 0 Å². The Morgan fingerprint density at radius 2 is 1.71 bits per heavy atom. The van der Waals surface area contributed by atoms with Gasteiger partial charge in [0.2, 0.25) is 5.91 Å². The van der Waals surface area contributed by atoms with Gasteiger partial charge in [0.25, 0.3) is 0 Å². The minimum Gasteiger partial charge on any atom is -0.481 e. The maximum atomic E-state index is 11.9. The van der Waals surface area contributed by atoms with Crippen molar-refractivity contribution >= 4 is 17.9 Å². The van der Waals surface area contributed by atoms with E-state index in [0.717, 1.165) is 12.8 Å². The molecule has 1 aliphatic heterocycles. The van der Waals surface area contributed by atoms with E-state index in [2.05, 4.69) is 10.2 Å². The van der Waals surface area contributed by atoms with Crippen molar-refractivity contribution in [1.82, 2.24) is 15.1 Å². The fourth-order valence-electron chi connectivity index (χ4n) is 2.41. The van der Waals surface area contributed by atoms with Gasteiger partial charge < -0.3 is 14.9 Å². The molecule has 0 aromatic heterocycles. The lowest BCUT2D eigenvalue weighted by atomic mass is 10.0. The Hall–Kier alpha value is -1.63. The number of imide groups is 1. The zero-order valence-corrected chi connectivity index (χ0v) is 12.8. The van der Waals surface area contributed by atoms with Crippen LogP contribution < -0.4 is 5.32 Å². The Labute approximate surface area is 125 Å². The molecule has 0 unspecified atom stereocenters. The Kier molecular flexibility index (Phi) is 7.14. The topological polar surface area (TPSA) is 90.0 Å². The highest BCUT2D eigenvalue weighted by atomic mass is 16.4. The third-order valence-electron chi connectivity index (χ3n) is 3.77. The lowest BCUT2D eigenvalue weighted by molar-refractivity contribution is -0.137. The summed E-state index contributed by atoms with van der Waals surface area (Å²) in [5, 5.41) is 10.9. The molecule has 1 fully saturated rings. The molecule has 3 amide bonds. The number of carboxylic acids is 1. The number of nitrogens with one attached hydrogen (secondary N) is 1. The molecule has 0 spiro atoms.